The SMILES string of the molecule is CCC1(CC)CN=C(NCc2cc(C)c(C)s2)SC1. The maximum Gasteiger partial charge on any atom is 0.156 e. The molecule has 1 aromatic rings. The Morgan fingerprint density at radius 2 is 2.05 bits per heavy atom. The molecule has 1 aliphatic heterocycles. The van der Waals surface area contributed by atoms with Crippen LogP contribution in [0.2, 0.25) is 0 Å². The second kappa shape index (κ2) is 6.31. The first-order valence-corrected chi connectivity index (χ1v) is 8.86. The number of amidine groups is 1. The van der Waals surface area contributed by atoms with Crippen molar-refractivity contribution in [2.45, 2.75) is 47.1 Å². The van der Waals surface area contributed by atoms with Gasteiger partial charge in [-0.1, -0.05) is 25.6 Å². The molecule has 106 valence electrons. The van der Waals surface area contributed by atoms with Gasteiger partial charge in [0.25, 0.3) is 0 Å². The fourth-order valence-electron chi connectivity index (χ4n) is 2.24. The van der Waals surface area contributed by atoms with Gasteiger partial charge < -0.3 is 5.32 Å². The monoisotopic (exact) mass is 296 g/mol. The lowest BCUT2D eigenvalue weighted by Crippen LogP contribution is -2.34. The molecule has 2 nitrogen and oxygen atoms in total. The second-order valence-electron chi connectivity index (χ2n) is 5.42. The minimum Gasteiger partial charge on any atom is -0.360 e. The van der Waals surface area contributed by atoms with Crippen LogP contribution < -0.4 is 5.32 Å². The van der Waals surface area contributed by atoms with Gasteiger partial charge in [0.15, 0.2) is 5.17 Å². The van der Waals surface area contributed by atoms with Crippen molar-refractivity contribution < 1.29 is 0 Å². The molecule has 1 aliphatic rings. The number of hydrogen-bond donors (Lipinski definition) is 1. The number of hydrogen-bond acceptors (Lipinski definition) is 4. The molecule has 0 radical (unpaired) electrons. The van der Waals surface area contributed by atoms with E-state index in [4.69, 9.17) is 4.99 Å². The molecule has 1 aromatic heterocycles. The highest BCUT2D eigenvalue weighted by Gasteiger charge is 2.29. The first kappa shape index (κ1) is 14.9. The molecule has 2 heterocycles. The van der Waals surface area contributed by atoms with E-state index in [-0.39, 0.29) is 0 Å². The van der Waals surface area contributed by atoms with E-state index in [2.05, 4.69) is 39.1 Å². The highest BCUT2D eigenvalue weighted by Crippen LogP contribution is 2.34. The van der Waals surface area contributed by atoms with Crippen molar-refractivity contribution in [3.05, 3.63) is 21.4 Å². The molecule has 0 aliphatic carbocycles. The molecule has 19 heavy (non-hydrogen) atoms. The van der Waals surface area contributed by atoms with Crippen LogP contribution in [-0.2, 0) is 6.54 Å². The van der Waals surface area contributed by atoms with Crippen LogP contribution in [0.3, 0.4) is 0 Å². The molecule has 0 bridgehead atoms. The zero-order chi connectivity index (χ0) is 13.9. The van der Waals surface area contributed by atoms with Gasteiger partial charge in [0.2, 0.25) is 0 Å². The van der Waals surface area contributed by atoms with Crippen molar-refractivity contribution in [2.75, 3.05) is 12.3 Å². The smallest absolute Gasteiger partial charge is 0.156 e. The van der Waals surface area contributed by atoms with E-state index in [1.54, 1.807) is 0 Å². The Bertz CT molecular complexity index is 439. The van der Waals surface area contributed by atoms with Crippen LogP contribution in [0, 0.1) is 19.3 Å². The first-order chi connectivity index (χ1) is 9.08. The lowest BCUT2D eigenvalue weighted by molar-refractivity contribution is 0.318. The van der Waals surface area contributed by atoms with Gasteiger partial charge >= 0.3 is 0 Å². The Morgan fingerprint density at radius 1 is 1.32 bits per heavy atom. The minimum atomic E-state index is 0.436. The van der Waals surface area contributed by atoms with Gasteiger partial charge in [0.1, 0.15) is 0 Å². The van der Waals surface area contributed by atoms with E-state index in [1.807, 2.05) is 23.1 Å². The predicted molar refractivity (Wildman–Crippen MR) is 88.4 cm³/mol. The summed E-state index contributed by atoms with van der Waals surface area (Å²) in [6.07, 6.45) is 2.47. The third kappa shape index (κ3) is 3.54. The van der Waals surface area contributed by atoms with Crippen LogP contribution in [0.4, 0.5) is 0 Å². The van der Waals surface area contributed by atoms with Gasteiger partial charge in [-0.05, 0) is 43.7 Å². The number of rotatable bonds is 4. The number of thioether (sulfide) groups is 1. The summed E-state index contributed by atoms with van der Waals surface area (Å²) in [6, 6.07) is 2.28. The molecule has 0 amide bonds. The fraction of sp³-hybridized carbons (Fsp3) is 0.667. The summed E-state index contributed by atoms with van der Waals surface area (Å²) in [7, 11) is 0. The fourth-order valence-corrected chi connectivity index (χ4v) is 4.50. The summed E-state index contributed by atoms with van der Waals surface area (Å²) in [5.74, 6) is 1.20. The molecular weight excluding hydrogens is 272 g/mol. The van der Waals surface area contributed by atoms with Crippen molar-refractivity contribution >= 4 is 28.3 Å². The van der Waals surface area contributed by atoms with Crippen LogP contribution in [0.15, 0.2) is 11.1 Å². The number of nitrogens with one attached hydrogen (secondary N) is 1. The zero-order valence-electron chi connectivity index (χ0n) is 12.4. The van der Waals surface area contributed by atoms with Crippen molar-refractivity contribution in [1.29, 1.82) is 0 Å². The van der Waals surface area contributed by atoms with Crippen molar-refractivity contribution in [1.82, 2.24) is 5.32 Å². The van der Waals surface area contributed by atoms with Gasteiger partial charge in [0, 0.05) is 22.1 Å². The largest absolute Gasteiger partial charge is 0.360 e. The minimum absolute atomic E-state index is 0.436. The van der Waals surface area contributed by atoms with E-state index in [1.165, 1.54) is 33.9 Å². The van der Waals surface area contributed by atoms with Gasteiger partial charge in [-0.3, -0.25) is 4.99 Å². The van der Waals surface area contributed by atoms with Gasteiger partial charge in [-0.15, -0.1) is 11.3 Å². The highest BCUT2D eigenvalue weighted by molar-refractivity contribution is 8.13. The Morgan fingerprint density at radius 3 is 2.53 bits per heavy atom. The predicted octanol–water partition coefficient (Wildman–Crippen LogP) is 4.36. The highest BCUT2D eigenvalue weighted by atomic mass is 32.2. The number of thiophene rings is 1. The van der Waals surface area contributed by atoms with Crippen LogP contribution in [0.1, 0.15) is 42.0 Å². The van der Waals surface area contributed by atoms with Gasteiger partial charge in [-0.2, -0.15) is 0 Å². The Hall–Kier alpha value is -0.480. The number of nitrogens with zero attached hydrogens (tertiary/aromatic N) is 1. The molecule has 2 rings (SSSR count). The van der Waals surface area contributed by atoms with Crippen molar-refractivity contribution in [3.63, 3.8) is 0 Å². The lowest BCUT2D eigenvalue weighted by atomic mass is 9.84. The summed E-state index contributed by atoms with van der Waals surface area (Å²) in [5.41, 5.74) is 1.84. The number of aliphatic imine (C=N–C) groups is 1. The molecule has 4 heteroatoms. The van der Waals surface area contributed by atoms with Crippen LogP contribution in [0.5, 0.6) is 0 Å². The number of aryl methyl sites for hydroxylation is 2. The van der Waals surface area contributed by atoms with Crippen molar-refractivity contribution in [2.24, 2.45) is 10.4 Å². The van der Waals surface area contributed by atoms with E-state index >= 15 is 0 Å². The average Bonchev–Trinajstić information content (AvgIpc) is 2.76. The standard InChI is InChI=1S/C15H24N2S2/c1-5-15(6-2)9-17-14(18-10-15)16-8-13-7-11(3)12(4)19-13/h7H,5-6,8-10H2,1-4H3,(H,16,17). The van der Waals surface area contributed by atoms with Crippen LogP contribution >= 0.6 is 23.1 Å². The average molecular weight is 297 g/mol. The molecule has 0 aromatic carbocycles. The molecule has 0 unspecified atom stereocenters. The summed E-state index contributed by atoms with van der Waals surface area (Å²) in [5, 5.41) is 4.61. The Labute approximate surface area is 125 Å². The summed E-state index contributed by atoms with van der Waals surface area (Å²) < 4.78 is 0. The molecular formula is C15H24N2S2. The third-order valence-electron chi connectivity index (χ3n) is 4.20. The molecule has 0 atom stereocenters. The molecule has 0 saturated heterocycles. The molecule has 1 N–H and O–H groups in total. The van der Waals surface area contributed by atoms with E-state index in [9.17, 15) is 0 Å². The quantitative estimate of drug-likeness (QED) is 0.892. The maximum atomic E-state index is 4.74. The zero-order valence-corrected chi connectivity index (χ0v) is 14.0. The van der Waals surface area contributed by atoms with Crippen LogP contribution in [0.25, 0.3) is 0 Å². The molecule has 0 saturated carbocycles. The lowest BCUT2D eigenvalue weighted by Gasteiger charge is -2.33. The summed E-state index contributed by atoms with van der Waals surface area (Å²) in [6.45, 7) is 10.8. The topological polar surface area (TPSA) is 24.4 Å². The van der Waals surface area contributed by atoms with E-state index < -0.39 is 0 Å². The summed E-state index contributed by atoms with van der Waals surface area (Å²) in [4.78, 5) is 7.57. The van der Waals surface area contributed by atoms with Crippen molar-refractivity contribution in [3.8, 4) is 0 Å². The Kier molecular flexibility index (Phi) is 4.96. The Balaban J connectivity index is 1.89. The molecule has 0 spiro atoms. The summed E-state index contributed by atoms with van der Waals surface area (Å²) >= 11 is 3.78. The normalized spacial score (nSPS) is 18.2. The van der Waals surface area contributed by atoms with E-state index in [0.29, 0.717) is 5.41 Å². The maximum absolute atomic E-state index is 4.74. The second-order valence-corrected chi connectivity index (χ2v) is 7.73. The first-order valence-electron chi connectivity index (χ1n) is 7.05. The van der Waals surface area contributed by atoms with E-state index in [0.717, 1.165) is 18.3 Å². The van der Waals surface area contributed by atoms with Crippen LogP contribution in [-0.4, -0.2) is 17.5 Å². The van der Waals surface area contributed by atoms with Gasteiger partial charge in [-0.25, -0.2) is 0 Å². The molecule has 0 fully saturated rings. The third-order valence-corrected chi connectivity index (χ3v) is 6.66. The van der Waals surface area contributed by atoms with Gasteiger partial charge in [0.05, 0.1) is 6.54 Å².